The Morgan fingerprint density at radius 3 is 3.05 bits per heavy atom. The van der Waals surface area contributed by atoms with Gasteiger partial charge in [-0.3, -0.25) is 9.78 Å². The summed E-state index contributed by atoms with van der Waals surface area (Å²) in [5.41, 5.74) is 6.79. The molecule has 1 atom stereocenters. The number of nitrogens with two attached hydrogens (primary N) is 1. The molecule has 0 radical (unpaired) electrons. The van der Waals surface area contributed by atoms with Crippen LogP contribution in [-0.2, 0) is 13.1 Å². The summed E-state index contributed by atoms with van der Waals surface area (Å²) in [6.07, 6.45) is 6.89. The lowest BCUT2D eigenvalue weighted by atomic mass is 10.2. The van der Waals surface area contributed by atoms with Crippen molar-refractivity contribution in [3.05, 3.63) is 48.3 Å². The summed E-state index contributed by atoms with van der Waals surface area (Å²) in [4.78, 5) is 20.1. The molecule has 0 aliphatic heterocycles. The van der Waals surface area contributed by atoms with Crippen LogP contribution < -0.4 is 11.1 Å². The van der Waals surface area contributed by atoms with Crippen molar-refractivity contribution in [3.8, 4) is 0 Å². The Bertz CT molecular complexity index is 538. The van der Waals surface area contributed by atoms with Crippen LogP contribution in [0, 0.1) is 0 Å². The summed E-state index contributed by atoms with van der Waals surface area (Å²) in [6.45, 7) is 2.95. The standard InChI is InChI=1S/C13H17N5O/c1-10(8-18-5-4-15-9-18)17-13(19)11-2-3-16-12(6-11)7-14/h2-6,9-10H,7-8,14H2,1H3,(H,17,19). The van der Waals surface area contributed by atoms with Crippen molar-refractivity contribution in [1.29, 1.82) is 0 Å². The van der Waals surface area contributed by atoms with E-state index in [9.17, 15) is 4.79 Å². The van der Waals surface area contributed by atoms with Crippen LogP contribution in [0.25, 0.3) is 0 Å². The summed E-state index contributed by atoms with van der Waals surface area (Å²) in [5.74, 6) is -0.121. The minimum atomic E-state index is -0.121. The van der Waals surface area contributed by atoms with Crippen LogP contribution >= 0.6 is 0 Å². The summed E-state index contributed by atoms with van der Waals surface area (Å²) >= 11 is 0. The predicted molar refractivity (Wildman–Crippen MR) is 71.3 cm³/mol. The Balaban J connectivity index is 1.96. The summed E-state index contributed by atoms with van der Waals surface area (Å²) in [6, 6.07) is 3.40. The average Bonchev–Trinajstić information content (AvgIpc) is 2.91. The number of hydrogen-bond acceptors (Lipinski definition) is 4. The van der Waals surface area contributed by atoms with Crippen molar-refractivity contribution in [2.45, 2.75) is 26.1 Å². The molecule has 0 saturated carbocycles. The van der Waals surface area contributed by atoms with Gasteiger partial charge in [0.2, 0.25) is 0 Å². The van der Waals surface area contributed by atoms with E-state index < -0.39 is 0 Å². The minimum Gasteiger partial charge on any atom is -0.348 e. The molecule has 1 amide bonds. The van der Waals surface area contributed by atoms with Gasteiger partial charge >= 0.3 is 0 Å². The molecule has 2 heterocycles. The number of imidazole rings is 1. The molecular formula is C13H17N5O. The van der Waals surface area contributed by atoms with E-state index >= 15 is 0 Å². The summed E-state index contributed by atoms with van der Waals surface area (Å²) in [7, 11) is 0. The number of hydrogen-bond donors (Lipinski definition) is 2. The van der Waals surface area contributed by atoms with Crippen LogP contribution in [0.4, 0.5) is 0 Å². The van der Waals surface area contributed by atoms with Gasteiger partial charge in [-0.1, -0.05) is 0 Å². The minimum absolute atomic E-state index is 0.0104. The van der Waals surface area contributed by atoms with Crippen LogP contribution in [0.1, 0.15) is 23.0 Å². The Labute approximate surface area is 111 Å². The third-order valence-corrected chi connectivity index (χ3v) is 2.71. The molecule has 1 unspecified atom stereocenters. The molecule has 2 rings (SSSR count). The van der Waals surface area contributed by atoms with Crippen LogP contribution in [-0.4, -0.2) is 26.5 Å². The van der Waals surface area contributed by atoms with Crippen LogP contribution in [0.15, 0.2) is 37.1 Å². The largest absolute Gasteiger partial charge is 0.348 e. The van der Waals surface area contributed by atoms with Gasteiger partial charge in [0, 0.05) is 43.3 Å². The molecule has 100 valence electrons. The molecule has 2 aromatic heterocycles. The third kappa shape index (κ3) is 3.62. The molecule has 6 nitrogen and oxygen atoms in total. The predicted octanol–water partition coefficient (Wildman–Crippen LogP) is 0.555. The van der Waals surface area contributed by atoms with Crippen LogP contribution in [0.3, 0.4) is 0 Å². The molecular weight excluding hydrogens is 242 g/mol. The van der Waals surface area contributed by atoms with Crippen LogP contribution in [0.5, 0.6) is 0 Å². The molecule has 6 heteroatoms. The van der Waals surface area contributed by atoms with Crippen molar-refractivity contribution in [2.24, 2.45) is 5.73 Å². The van der Waals surface area contributed by atoms with Crippen molar-refractivity contribution < 1.29 is 4.79 Å². The van der Waals surface area contributed by atoms with E-state index in [1.54, 1.807) is 30.9 Å². The van der Waals surface area contributed by atoms with E-state index in [0.29, 0.717) is 24.3 Å². The van der Waals surface area contributed by atoms with Gasteiger partial charge in [-0.2, -0.15) is 0 Å². The van der Waals surface area contributed by atoms with Gasteiger partial charge < -0.3 is 15.6 Å². The van der Waals surface area contributed by atoms with Crippen LogP contribution in [0.2, 0.25) is 0 Å². The number of amides is 1. The number of carbonyl (C=O) groups excluding carboxylic acids is 1. The number of rotatable bonds is 5. The maximum absolute atomic E-state index is 12.0. The lowest BCUT2D eigenvalue weighted by Crippen LogP contribution is -2.35. The smallest absolute Gasteiger partial charge is 0.251 e. The number of nitrogens with one attached hydrogen (secondary N) is 1. The van der Waals surface area contributed by atoms with E-state index in [0.717, 1.165) is 0 Å². The molecule has 0 saturated heterocycles. The first kappa shape index (κ1) is 13.2. The highest BCUT2D eigenvalue weighted by atomic mass is 16.1. The van der Waals surface area contributed by atoms with Crippen molar-refractivity contribution in [1.82, 2.24) is 19.9 Å². The van der Waals surface area contributed by atoms with E-state index in [1.165, 1.54) is 0 Å². The van der Waals surface area contributed by atoms with Gasteiger partial charge in [0.1, 0.15) is 0 Å². The lowest BCUT2D eigenvalue weighted by molar-refractivity contribution is 0.0936. The van der Waals surface area contributed by atoms with Gasteiger partial charge in [-0.25, -0.2) is 4.98 Å². The second kappa shape index (κ2) is 6.10. The second-order valence-electron chi connectivity index (χ2n) is 4.37. The molecule has 0 aromatic carbocycles. The second-order valence-corrected chi connectivity index (χ2v) is 4.37. The number of aromatic nitrogens is 3. The quantitative estimate of drug-likeness (QED) is 0.821. The highest BCUT2D eigenvalue weighted by molar-refractivity contribution is 5.94. The molecule has 0 bridgehead atoms. The maximum Gasteiger partial charge on any atom is 0.251 e. The fraction of sp³-hybridized carbons (Fsp3) is 0.308. The fourth-order valence-corrected chi connectivity index (χ4v) is 1.79. The molecule has 0 aliphatic carbocycles. The third-order valence-electron chi connectivity index (χ3n) is 2.71. The van der Waals surface area contributed by atoms with Gasteiger partial charge in [-0.15, -0.1) is 0 Å². The first-order valence-corrected chi connectivity index (χ1v) is 6.10. The number of nitrogens with zero attached hydrogens (tertiary/aromatic N) is 3. The van der Waals surface area contributed by atoms with Crippen molar-refractivity contribution in [3.63, 3.8) is 0 Å². The molecule has 0 spiro atoms. The molecule has 0 aliphatic rings. The SMILES string of the molecule is CC(Cn1ccnc1)NC(=O)c1ccnc(CN)c1. The highest BCUT2D eigenvalue weighted by Crippen LogP contribution is 2.02. The van der Waals surface area contributed by atoms with Crippen molar-refractivity contribution >= 4 is 5.91 Å². The maximum atomic E-state index is 12.0. The first-order valence-electron chi connectivity index (χ1n) is 6.10. The van der Waals surface area contributed by atoms with Crippen molar-refractivity contribution in [2.75, 3.05) is 0 Å². The van der Waals surface area contributed by atoms with E-state index in [4.69, 9.17) is 5.73 Å². The lowest BCUT2D eigenvalue weighted by Gasteiger charge is -2.14. The van der Waals surface area contributed by atoms with E-state index in [1.807, 2.05) is 17.7 Å². The Morgan fingerprint density at radius 1 is 1.53 bits per heavy atom. The zero-order valence-corrected chi connectivity index (χ0v) is 10.8. The van der Waals surface area contributed by atoms with Gasteiger partial charge in [0.05, 0.1) is 12.0 Å². The average molecular weight is 259 g/mol. The number of pyridine rings is 1. The molecule has 2 aromatic rings. The fourth-order valence-electron chi connectivity index (χ4n) is 1.79. The van der Waals surface area contributed by atoms with E-state index in [-0.39, 0.29) is 11.9 Å². The first-order chi connectivity index (χ1) is 9.19. The highest BCUT2D eigenvalue weighted by Gasteiger charge is 2.10. The van der Waals surface area contributed by atoms with Gasteiger partial charge in [-0.05, 0) is 19.1 Å². The Hall–Kier alpha value is -2.21. The van der Waals surface area contributed by atoms with Gasteiger partial charge in [0.25, 0.3) is 5.91 Å². The Kier molecular flexibility index (Phi) is 4.25. The summed E-state index contributed by atoms with van der Waals surface area (Å²) in [5, 5.41) is 2.93. The zero-order valence-electron chi connectivity index (χ0n) is 10.8. The number of carbonyl (C=O) groups is 1. The normalized spacial score (nSPS) is 12.1. The molecule has 19 heavy (non-hydrogen) atoms. The Morgan fingerprint density at radius 2 is 2.37 bits per heavy atom. The zero-order chi connectivity index (χ0) is 13.7. The molecule has 3 N–H and O–H groups in total. The van der Waals surface area contributed by atoms with E-state index in [2.05, 4.69) is 15.3 Å². The van der Waals surface area contributed by atoms with Gasteiger partial charge in [0.15, 0.2) is 0 Å². The topological polar surface area (TPSA) is 85.8 Å². The summed E-state index contributed by atoms with van der Waals surface area (Å²) < 4.78 is 1.92. The monoisotopic (exact) mass is 259 g/mol. The molecule has 0 fully saturated rings.